The first-order valence-electron chi connectivity index (χ1n) is 32.0. The van der Waals surface area contributed by atoms with Gasteiger partial charge in [-0.2, -0.15) is 0 Å². The molecule has 0 heterocycles. The molecule has 0 aliphatic rings. The van der Waals surface area contributed by atoms with Crippen molar-refractivity contribution in [2.45, 2.75) is 297 Å². The molecule has 0 amide bonds. The van der Waals surface area contributed by atoms with Crippen LogP contribution < -0.4 is 0 Å². The summed E-state index contributed by atoms with van der Waals surface area (Å²) in [4.78, 5) is 38.2. The predicted molar refractivity (Wildman–Crippen MR) is 334 cm³/mol. The number of unbranched alkanes of at least 4 members (excludes halogenated alkanes) is 26. The van der Waals surface area contributed by atoms with Gasteiger partial charge in [0.2, 0.25) is 0 Å². The molecule has 0 N–H and O–H groups in total. The highest BCUT2D eigenvalue weighted by Crippen LogP contribution is 2.16. The van der Waals surface area contributed by atoms with Crippen LogP contribution in [-0.2, 0) is 28.6 Å². The van der Waals surface area contributed by atoms with Crippen LogP contribution in [0.15, 0.2) is 122 Å². The molecule has 0 saturated carbocycles. The molecule has 0 fully saturated rings. The summed E-state index contributed by atoms with van der Waals surface area (Å²) in [7, 11) is 0. The van der Waals surface area contributed by atoms with Crippen LogP contribution in [0.4, 0.5) is 0 Å². The standard InChI is InChI=1S/C71H118O6/c1-4-7-10-13-16-19-22-25-27-28-29-30-31-32-33-34-35-36-37-38-39-40-41-42-43-44-45-47-49-52-55-58-61-64-70(73)76-67-68(66-75-69(72)63-60-57-54-51-48-24-21-18-15-12-9-6-3)77-71(74)65-62-59-56-53-50-46-26-23-20-17-14-11-8-5-2/h7,10,16,18-19,21,25,27,29-30,32-33,35-36,38-39,41-42,44-45,68H,4-6,8-9,11-15,17,20,22-24,26,28,31,34,37,40,43,46-67H2,1-3H3/b10-7-,19-16-,21-18-,27-25-,30-29-,33-32-,36-35-,39-38-,42-41-,45-44-. The van der Waals surface area contributed by atoms with Crippen LogP contribution in [0.3, 0.4) is 0 Å². The molecule has 6 heteroatoms. The van der Waals surface area contributed by atoms with Gasteiger partial charge in [-0.3, -0.25) is 14.4 Å². The lowest BCUT2D eigenvalue weighted by molar-refractivity contribution is -0.167. The third-order valence-corrected chi connectivity index (χ3v) is 13.5. The first-order valence-corrected chi connectivity index (χ1v) is 32.0. The van der Waals surface area contributed by atoms with E-state index in [1.165, 1.54) is 109 Å². The van der Waals surface area contributed by atoms with E-state index in [2.05, 4.69) is 142 Å². The predicted octanol–water partition coefficient (Wildman–Crippen LogP) is 22.0. The van der Waals surface area contributed by atoms with E-state index in [1.807, 2.05) is 0 Å². The van der Waals surface area contributed by atoms with Gasteiger partial charge in [-0.15, -0.1) is 0 Å². The first kappa shape index (κ1) is 72.8. The smallest absolute Gasteiger partial charge is 0.306 e. The Morgan fingerprint density at radius 2 is 0.506 bits per heavy atom. The molecule has 438 valence electrons. The Kier molecular flexibility index (Phi) is 60.8. The SMILES string of the molecule is CC/C=C\C/C=C\C/C=C\C/C=C\C/C=C\C/C=C\C/C=C\C/C=C\C/C=C\CCCCCCCC(=O)OCC(COC(=O)CCCCCCC/C=C\CCCCC)OC(=O)CCCCCCCCCCCCCCCC. The van der Waals surface area contributed by atoms with E-state index >= 15 is 0 Å². The minimum atomic E-state index is -0.790. The minimum absolute atomic E-state index is 0.0877. The molecule has 0 aromatic rings. The summed E-state index contributed by atoms with van der Waals surface area (Å²) >= 11 is 0. The lowest BCUT2D eigenvalue weighted by atomic mass is 10.0. The van der Waals surface area contributed by atoms with Crippen LogP contribution in [0.2, 0.25) is 0 Å². The summed E-state index contributed by atoms with van der Waals surface area (Å²) in [5, 5.41) is 0. The molecule has 0 radical (unpaired) electrons. The molecular weight excluding hydrogens is 949 g/mol. The number of carbonyl (C=O) groups excluding carboxylic acids is 3. The zero-order chi connectivity index (χ0) is 55.7. The van der Waals surface area contributed by atoms with E-state index in [-0.39, 0.29) is 31.1 Å². The Bertz CT molecular complexity index is 1600. The van der Waals surface area contributed by atoms with Gasteiger partial charge in [0.25, 0.3) is 0 Å². The Labute approximate surface area is 475 Å². The molecular formula is C71H118O6. The summed E-state index contributed by atoms with van der Waals surface area (Å²) in [6.45, 7) is 6.49. The number of carbonyl (C=O) groups is 3. The van der Waals surface area contributed by atoms with Crippen molar-refractivity contribution in [1.29, 1.82) is 0 Å². The number of esters is 3. The second kappa shape index (κ2) is 64.3. The molecule has 0 rings (SSSR count). The monoisotopic (exact) mass is 1070 g/mol. The molecule has 1 unspecified atom stereocenters. The van der Waals surface area contributed by atoms with E-state index in [0.29, 0.717) is 19.3 Å². The summed E-state index contributed by atoms with van der Waals surface area (Å²) < 4.78 is 16.9. The van der Waals surface area contributed by atoms with E-state index < -0.39 is 6.10 Å². The Morgan fingerprint density at radius 3 is 0.831 bits per heavy atom. The van der Waals surface area contributed by atoms with Gasteiger partial charge in [0, 0.05) is 19.3 Å². The van der Waals surface area contributed by atoms with Gasteiger partial charge in [-0.25, -0.2) is 0 Å². The molecule has 0 bridgehead atoms. The molecule has 77 heavy (non-hydrogen) atoms. The van der Waals surface area contributed by atoms with Crippen LogP contribution in [0.5, 0.6) is 0 Å². The van der Waals surface area contributed by atoms with Gasteiger partial charge < -0.3 is 14.2 Å². The van der Waals surface area contributed by atoms with Crippen molar-refractivity contribution in [3.05, 3.63) is 122 Å². The van der Waals surface area contributed by atoms with Crippen LogP contribution in [0.1, 0.15) is 290 Å². The van der Waals surface area contributed by atoms with Crippen molar-refractivity contribution in [1.82, 2.24) is 0 Å². The average molecular weight is 1070 g/mol. The fourth-order valence-corrected chi connectivity index (χ4v) is 8.67. The average Bonchev–Trinajstić information content (AvgIpc) is 3.43. The van der Waals surface area contributed by atoms with Crippen molar-refractivity contribution >= 4 is 17.9 Å². The second-order valence-corrected chi connectivity index (χ2v) is 20.9. The van der Waals surface area contributed by atoms with Gasteiger partial charge in [0.15, 0.2) is 6.10 Å². The largest absolute Gasteiger partial charge is 0.462 e. The van der Waals surface area contributed by atoms with Crippen LogP contribution in [0.25, 0.3) is 0 Å². The van der Waals surface area contributed by atoms with Crippen molar-refractivity contribution in [2.24, 2.45) is 0 Å². The number of allylic oxidation sites excluding steroid dienone is 20. The maximum Gasteiger partial charge on any atom is 0.306 e. The van der Waals surface area contributed by atoms with E-state index in [9.17, 15) is 14.4 Å². The van der Waals surface area contributed by atoms with Gasteiger partial charge >= 0.3 is 17.9 Å². The maximum atomic E-state index is 12.9. The zero-order valence-electron chi connectivity index (χ0n) is 50.2. The lowest BCUT2D eigenvalue weighted by Crippen LogP contribution is -2.30. The van der Waals surface area contributed by atoms with Gasteiger partial charge in [-0.05, 0) is 116 Å². The van der Waals surface area contributed by atoms with Crippen LogP contribution in [-0.4, -0.2) is 37.2 Å². The Balaban J connectivity index is 4.28. The first-order chi connectivity index (χ1) is 38.0. The summed E-state index contributed by atoms with van der Waals surface area (Å²) in [5.41, 5.74) is 0. The molecule has 6 nitrogen and oxygen atoms in total. The topological polar surface area (TPSA) is 78.9 Å². The zero-order valence-corrected chi connectivity index (χ0v) is 50.2. The van der Waals surface area contributed by atoms with Crippen molar-refractivity contribution in [2.75, 3.05) is 13.2 Å². The van der Waals surface area contributed by atoms with Crippen LogP contribution >= 0.6 is 0 Å². The quantitative estimate of drug-likeness (QED) is 0.0261. The molecule has 0 aromatic carbocycles. The second-order valence-electron chi connectivity index (χ2n) is 20.9. The molecule has 1 atom stereocenters. The highest BCUT2D eigenvalue weighted by molar-refractivity contribution is 5.71. The molecule has 0 spiro atoms. The van der Waals surface area contributed by atoms with Crippen molar-refractivity contribution in [3.8, 4) is 0 Å². The van der Waals surface area contributed by atoms with E-state index in [0.717, 1.165) is 141 Å². The number of rotatable bonds is 57. The van der Waals surface area contributed by atoms with Crippen molar-refractivity contribution < 1.29 is 28.6 Å². The van der Waals surface area contributed by atoms with Gasteiger partial charge in [-0.1, -0.05) is 277 Å². The summed E-state index contributed by atoms with van der Waals surface area (Å²) in [5.74, 6) is -0.911. The van der Waals surface area contributed by atoms with Gasteiger partial charge in [0.1, 0.15) is 13.2 Å². The highest BCUT2D eigenvalue weighted by Gasteiger charge is 2.19. The fraction of sp³-hybridized carbons (Fsp3) is 0.676. The number of hydrogen-bond acceptors (Lipinski definition) is 6. The molecule has 0 saturated heterocycles. The van der Waals surface area contributed by atoms with Gasteiger partial charge in [0.05, 0.1) is 0 Å². The third-order valence-electron chi connectivity index (χ3n) is 13.5. The minimum Gasteiger partial charge on any atom is -0.462 e. The van der Waals surface area contributed by atoms with Crippen LogP contribution in [0, 0.1) is 0 Å². The lowest BCUT2D eigenvalue weighted by Gasteiger charge is -2.18. The third kappa shape index (κ3) is 62.5. The number of ether oxygens (including phenoxy) is 3. The fourth-order valence-electron chi connectivity index (χ4n) is 8.67. The normalized spacial score (nSPS) is 12.9. The molecule has 0 aliphatic heterocycles. The van der Waals surface area contributed by atoms with Crippen molar-refractivity contribution in [3.63, 3.8) is 0 Å². The van der Waals surface area contributed by atoms with E-state index in [1.54, 1.807) is 0 Å². The maximum absolute atomic E-state index is 12.9. The summed E-state index contributed by atoms with van der Waals surface area (Å²) in [6, 6.07) is 0. The highest BCUT2D eigenvalue weighted by atomic mass is 16.6. The summed E-state index contributed by atoms with van der Waals surface area (Å²) in [6.07, 6.45) is 89.2. The molecule has 0 aromatic heterocycles. The van der Waals surface area contributed by atoms with E-state index in [4.69, 9.17) is 14.2 Å². The Morgan fingerprint density at radius 1 is 0.273 bits per heavy atom. The Hall–Kier alpha value is -4.19. The molecule has 0 aliphatic carbocycles. The number of hydrogen-bond donors (Lipinski definition) is 0.